The predicted molar refractivity (Wildman–Crippen MR) is 98.0 cm³/mol. The van der Waals surface area contributed by atoms with E-state index in [2.05, 4.69) is 47.6 Å². The van der Waals surface area contributed by atoms with Crippen molar-refractivity contribution in [1.29, 1.82) is 0 Å². The molecule has 0 saturated heterocycles. The third-order valence-electron chi connectivity index (χ3n) is 7.98. The number of fused-ring (bicyclic) bond motifs is 3. The summed E-state index contributed by atoms with van der Waals surface area (Å²) < 4.78 is 8.90. The maximum absolute atomic E-state index is 6.79. The number of hydrogen-bond donors (Lipinski definition) is 0. The standard InChI is InChI=1S/C21H29N3O/c1-13-22-23-19-11-17(16(12-24(13)19)14-5-6-14)25-18-8-7-15-9-10-21(18,4)20(15,2)3/h11-12,14-15,18H,5-10H2,1-4H3. The Balaban J connectivity index is 1.54. The van der Waals surface area contributed by atoms with E-state index in [0.717, 1.165) is 23.1 Å². The highest BCUT2D eigenvalue weighted by molar-refractivity contribution is 5.50. The highest BCUT2D eigenvalue weighted by atomic mass is 16.5. The summed E-state index contributed by atoms with van der Waals surface area (Å²) in [6, 6.07) is 2.13. The van der Waals surface area contributed by atoms with Crippen LogP contribution in [0.15, 0.2) is 12.3 Å². The van der Waals surface area contributed by atoms with Crippen molar-refractivity contribution in [2.45, 2.75) is 78.2 Å². The Morgan fingerprint density at radius 2 is 1.88 bits per heavy atom. The molecule has 3 unspecified atom stereocenters. The van der Waals surface area contributed by atoms with Gasteiger partial charge in [0.25, 0.3) is 0 Å². The Kier molecular flexibility index (Phi) is 3.12. The summed E-state index contributed by atoms with van der Waals surface area (Å²) in [6.07, 6.45) is 10.2. The number of nitrogens with zero attached hydrogens (tertiary/aromatic N) is 3. The van der Waals surface area contributed by atoms with Gasteiger partial charge in [0, 0.05) is 23.2 Å². The fourth-order valence-electron chi connectivity index (χ4n) is 5.57. The first-order valence-electron chi connectivity index (χ1n) is 9.92. The Bertz CT molecular complexity index is 835. The quantitative estimate of drug-likeness (QED) is 0.798. The molecule has 0 aliphatic heterocycles. The zero-order chi connectivity index (χ0) is 17.4. The van der Waals surface area contributed by atoms with Crippen LogP contribution in [-0.2, 0) is 0 Å². The molecule has 3 aliphatic rings. The van der Waals surface area contributed by atoms with Gasteiger partial charge >= 0.3 is 0 Å². The predicted octanol–water partition coefficient (Wildman–Crippen LogP) is 4.90. The van der Waals surface area contributed by atoms with Crippen molar-refractivity contribution in [3.63, 3.8) is 0 Å². The Labute approximate surface area is 150 Å². The Morgan fingerprint density at radius 3 is 2.64 bits per heavy atom. The molecule has 0 amide bonds. The van der Waals surface area contributed by atoms with Crippen molar-refractivity contribution < 1.29 is 4.74 Å². The largest absolute Gasteiger partial charge is 0.489 e. The van der Waals surface area contributed by atoms with E-state index in [1.165, 1.54) is 44.1 Å². The molecule has 2 heterocycles. The topological polar surface area (TPSA) is 39.4 Å². The highest BCUT2D eigenvalue weighted by Gasteiger charge is 2.59. The normalized spacial score (nSPS) is 33.8. The van der Waals surface area contributed by atoms with E-state index in [1.807, 2.05) is 6.92 Å². The van der Waals surface area contributed by atoms with E-state index in [0.29, 0.717) is 17.4 Å². The van der Waals surface area contributed by atoms with Crippen LogP contribution >= 0.6 is 0 Å². The minimum Gasteiger partial charge on any atom is -0.489 e. The van der Waals surface area contributed by atoms with E-state index in [9.17, 15) is 0 Å². The summed E-state index contributed by atoms with van der Waals surface area (Å²) in [4.78, 5) is 0. The van der Waals surface area contributed by atoms with Crippen LogP contribution in [0.3, 0.4) is 0 Å². The molecule has 4 nitrogen and oxygen atoms in total. The second-order valence-corrected chi connectivity index (χ2v) is 9.40. The van der Waals surface area contributed by atoms with Gasteiger partial charge in [-0.3, -0.25) is 4.40 Å². The van der Waals surface area contributed by atoms with Crippen molar-refractivity contribution in [3.8, 4) is 5.75 Å². The summed E-state index contributed by atoms with van der Waals surface area (Å²) in [5, 5.41) is 8.56. The molecule has 3 saturated carbocycles. The number of aryl methyl sites for hydroxylation is 1. The lowest BCUT2D eigenvalue weighted by molar-refractivity contribution is -0.0647. The Hall–Kier alpha value is -1.58. The number of ether oxygens (including phenoxy) is 1. The van der Waals surface area contributed by atoms with E-state index < -0.39 is 0 Å². The van der Waals surface area contributed by atoms with Gasteiger partial charge in [0.2, 0.25) is 0 Å². The fourth-order valence-corrected chi connectivity index (χ4v) is 5.57. The van der Waals surface area contributed by atoms with Crippen LogP contribution in [0.2, 0.25) is 0 Å². The molecule has 4 heteroatoms. The first-order chi connectivity index (χ1) is 11.9. The molecular weight excluding hydrogens is 310 g/mol. The molecule has 2 aromatic heterocycles. The summed E-state index contributed by atoms with van der Waals surface area (Å²) in [6.45, 7) is 9.41. The molecule has 0 spiro atoms. The maximum Gasteiger partial charge on any atom is 0.164 e. The first-order valence-corrected chi connectivity index (χ1v) is 9.92. The summed E-state index contributed by atoms with van der Waals surface area (Å²) in [5.41, 5.74) is 2.90. The third-order valence-corrected chi connectivity index (χ3v) is 7.98. The lowest BCUT2D eigenvalue weighted by atomic mass is 9.58. The van der Waals surface area contributed by atoms with Crippen LogP contribution in [0, 0.1) is 23.7 Å². The minimum absolute atomic E-state index is 0.270. The van der Waals surface area contributed by atoms with Crippen molar-refractivity contribution in [1.82, 2.24) is 14.6 Å². The van der Waals surface area contributed by atoms with Crippen molar-refractivity contribution in [2.75, 3.05) is 0 Å². The number of pyridine rings is 1. The van der Waals surface area contributed by atoms with Crippen molar-refractivity contribution >= 4 is 5.65 Å². The first kappa shape index (κ1) is 15.7. The lowest BCUT2D eigenvalue weighted by Gasteiger charge is -2.50. The number of rotatable bonds is 3. The number of aromatic nitrogens is 3. The summed E-state index contributed by atoms with van der Waals surface area (Å²) in [7, 11) is 0. The van der Waals surface area contributed by atoms with Crippen LogP contribution in [0.5, 0.6) is 5.75 Å². The molecule has 3 atom stereocenters. The van der Waals surface area contributed by atoms with Crippen LogP contribution in [0.25, 0.3) is 5.65 Å². The highest BCUT2D eigenvalue weighted by Crippen LogP contribution is 2.63. The van der Waals surface area contributed by atoms with Gasteiger partial charge in [-0.2, -0.15) is 0 Å². The third kappa shape index (κ3) is 2.12. The molecule has 0 aromatic carbocycles. The molecule has 0 N–H and O–H groups in total. The average molecular weight is 339 g/mol. The molecule has 3 aliphatic carbocycles. The van der Waals surface area contributed by atoms with Crippen LogP contribution in [-0.4, -0.2) is 20.7 Å². The maximum atomic E-state index is 6.79. The second kappa shape index (κ2) is 4.99. The molecule has 25 heavy (non-hydrogen) atoms. The molecule has 5 rings (SSSR count). The minimum atomic E-state index is 0.270. The average Bonchev–Trinajstić information content (AvgIpc) is 3.33. The molecular formula is C21H29N3O. The lowest BCUT2D eigenvalue weighted by Crippen LogP contribution is -2.49. The van der Waals surface area contributed by atoms with Crippen LogP contribution < -0.4 is 4.74 Å². The van der Waals surface area contributed by atoms with E-state index >= 15 is 0 Å². The smallest absolute Gasteiger partial charge is 0.164 e. The van der Waals surface area contributed by atoms with E-state index in [4.69, 9.17) is 4.74 Å². The second-order valence-electron chi connectivity index (χ2n) is 9.40. The van der Waals surface area contributed by atoms with E-state index in [1.54, 1.807) is 0 Å². The molecule has 3 fully saturated rings. The van der Waals surface area contributed by atoms with Gasteiger partial charge in [0.15, 0.2) is 5.65 Å². The number of hydrogen-bond acceptors (Lipinski definition) is 3. The van der Waals surface area contributed by atoms with Crippen molar-refractivity contribution in [3.05, 3.63) is 23.7 Å². The van der Waals surface area contributed by atoms with Gasteiger partial charge < -0.3 is 4.74 Å². The molecule has 2 bridgehead atoms. The van der Waals surface area contributed by atoms with Gasteiger partial charge in [0.1, 0.15) is 17.7 Å². The van der Waals surface area contributed by atoms with Gasteiger partial charge in [-0.15, -0.1) is 10.2 Å². The summed E-state index contributed by atoms with van der Waals surface area (Å²) in [5.74, 6) is 3.53. The SMILES string of the molecule is Cc1nnc2cc(OC3CCC4CCC3(C)C4(C)C)c(C3CC3)cn12. The zero-order valence-corrected chi connectivity index (χ0v) is 15.9. The van der Waals surface area contributed by atoms with Gasteiger partial charge in [-0.25, -0.2) is 0 Å². The van der Waals surface area contributed by atoms with Gasteiger partial charge in [-0.05, 0) is 62.7 Å². The van der Waals surface area contributed by atoms with E-state index in [-0.39, 0.29) is 5.41 Å². The van der Waals surface area contributed by atoms with Crippen LogP contribution in [0.1, 0.15) is 76.6 Å². The van der Waals surface area contributed by atoms with Crippen molar-refractivity contribution in [2.24, 2.45) is 16.7 Å². The molecule has 0 radical (unpaired) electrons. The van der Waals surface area contributed by atoms with Gasteiger partial charge in [0.05, 0.1) is 0 Å². The summed E-state index contributed by atoms with van der Waals surface area (Å²) >= 11 is 0. The van der Waals surface area contributed by atoms with Gasteiger partial charge in [-0.1, -0.05) is 20.8 Å². The Morgan fingerprint density at radius 1 is 1.08 bits per heavy atom. The molecule has 2 aromatic rings. The zero-order valence-electron chi connectivity index (χ0n) is 15.9. The fraction of sp³-hybridized carbons (Fsp3) is 0.714. The van der Waals surface area contributed by atoms with Crippen LogP contribution in [0.4, 0.5) is 0 Å². The monoisotopic (exact) mass is 339 g/mol. The molecule has 134 valence electrons.